The van der Waals surface area contributed by atoms with E-state index in [0.717, 1.165) is 17.1 Å². The van der Waals surface area contributed by atoms with Crippen molar-refractivity contribution in [1.82, 2.24) is 0 Å². The Morgan fingerprint density at radius 1 is 1.00 bits per heavy atom. The van der Waals surface area contributed by atoms with E-state index < -0.39 is 0 Å². The summed E-state index contributed by atoms with van der Waals surface area (Å²) in [6.07, 6.45) is 3.60. The fraction of sp³-hybridized carbons (Fsp3) is 0.250. The number of rotatable bonds is 1. The van der Waals surface area contributed by atoms with E-state index in [4.69, 9.17) is 9.85 Å². The van der Waals surface area contributed by atoms with Crippen molar-refractivity contribution in [2.45, 2.75) is 19.3 Å². The molecule has 1 aliphatic heterocycles. The third kappa shape index (κ3) is 1.82. The molecule has 0 unspecified atom stereocenters. The SMILES string of the molecule is c1ccc([N+]2=Nc3cc4c(cc3OC2)CCC4)cc1. The highest BCUT2D eigenvalue weighted by atomic mass is 16.5. The molecule has 3 heteroatoms. The lowest BCUT2D eigenvalue weighted by Crippen LogP contribution is -2.15. The summed E-state index contributed by atoms with van der Waals surface area (Å²) in [7, 11) is 0. The van der Waals surface area contributed by atoms with Crippen molar-refractivity contribution in [2.75, 3.05) is 6.73 Å². The predicted molar refractivity (Wildman–Crippen MR) is 72.4 cm³/mol. The summed E-state index contributed by atoms with van der Waals surface area (Å²) in [5.41, 5.74) is 4.88. The topological polar surface area (TPSA) is 24.6 Å². The average molecular weight is 251 g/mol. The van der Waals surface area contributed by atoms with Crippen LogP contribution in [0.1, 0.15) is 17.5 Å². The maximum absolute atomic E-state index is 5.85. The van der Waals surface area contributed by atoms with Gasteiger partial charge in [-0.2, -0.15) is 0 Å². The molecule has 0 saturated carbocycles. The van der Waals surface area contributed by atoms with Gasteiger partial charge in [0.1, 0.15) is 0 Å². The molecule has 2 aromatic carbocycles. The van der Waals surface area contributed by atoms with Crippen LogP contribution in [-0.4, -0.2) is 11.4 Å². The van der Waals surface area contributed by atoms with Gasteiger partial charge in [-0.25, -0.2) is 0 Å². The van der Waals surface area contributed by atoms with Gasteiger partial charge < -0.3 is 4.74 Å². The highest BCUT2D eigenvalue weighted by Crippen LogP contribution is 2.38. The van der Waals surface area contributed by atoms with E-state index in [2.05, 4.69) is 12.1 Å². The van der Waals surface area contributed by atoms with Crippen molar-refractivity contribution in [1.29, 1.82) is 0 Å². The number of benzene rings is 2. The lowest BCUT2D eigenvalue weighted by atomic mass is 10.1. The van der Waals surface area contributed by atoms with Crippen LogP contribution in [0, 0.1) is 0 Å². The Hall–Kier alpha value is -2.16. The van der Waals surface area contributed by atoms with Gasteiger partial charge in [-0.15, -0.1) is 0 Å². The maximum atomic E-state index is 5.85. The zero-order valence-electron chi connectivity index (χ0n) is 10.7. The molecule has 0 spiro atoms. The molecule has 0 N–H and O–H groups in total. The summed E-state index contributed by atoms with van der Waals surface area (Å²) in [5, 5.41) is 4.70. The van der Waals surface area contributed by atoms with Gasteiger partial charge in [0.05, 0.1) is 0 Å². The van der Waals surface area contributed by atoms with Crippen LogP contribution < -0.4 is 4.74 Å². The lowest BCUT2D eigenvalue weighted by Gasteiger charge is -2.13. The maximum Gasteiger partial charge on any atom is 0.317 e. The molecule has 1 aliphatic carbocycles. The summed E-state index contributed by atoms with van der Waals surface area (Å²) in [6.45, 7) is 0.482. The monoisotopic (exact) mass is 251 g/mol. The van der Waals surface area contributed by atoms with E-state index in [1.54, 1.807) is 0 Å². The number of hydrogen-bond donors (Lipinski definition) is 0. The van der Waals surface area contributed by atoms with E-state index in [1.165, 1.54) is 30.4 Å². The number of para-hydroxylation sites is 1. The Balaban J connectivity index is 1.79. The molecule has 0 bridgehead atoms. The first-order valence-electron chi connectivity index (χ1n) is 6.73. The quantitative estimate of drug-likeness (QED) is 0.704. The Labute approximate surface area is 112 Å². The number of aryl methyl sites for hydroxylation is 2. The van der Waals surface area contributed by atoms with Crippen molar-refractivity contribution >= 4 is 11.4 Å². The van der Waals surface area contributed by atoms with E-state index in [1.807, 2.05) is 35.0 Å². The molecule has 94 valence electrons. The van der Waals surface area contributed by atoms with E-state index in [9.17, 15) is 0 Å². The summed E-state index contributed by atoms with van der Waals surface area (Å²) >= 11 is 0. The van der Waals surface area contributed by atoms with Crippen LogP contribution in [-0.2, 0) is 12.8 Å². The lowest BCUT2D eigenvalue weighted by molar-refractivity contribution is -0.544. The summed E-state index contributed by atoms with van der Waals surface area (Å²) in [6, 6.07) is 14.5. The van der Waals surface area contributed by atoms with Crippen LogP contribution in [0.25, 0.3) is 0 Å². The fourth-order valence-electron chi connectivity index (χ4n) is 2.80. The molecule has 0 radical (unpaired) electrons. The molecule has 2 aliphatic rings. The van der Waals surface area contributed by atoms with Crippen LogP contribution in [0.3, 0.4) is 0 Å². The summed E-state index contributed by atoms with van der Waals surface area (Å²) in [5.74, 6) is 0.924. The molecule has 0 amide bonds. The normalized spacial score (nSPS) is 16.3. The highest BCUT2D eigenvalue weighted by Gasteiger charge is 2.23. The molecular weight excluding hydrogens is 236 g/mol. The van der Waals surface area contributed by atoms with Crippen molar-refractivity contribution in [3.05, 3.63) is 53.6 Å². The van der Waals surface area contributed by atoms with Gasteiger partial charge in [0, 0.05) is 17.2 Å². The molecular formula is C16H15N2O+. The van der Waals surface area contributed by atoms with E-state index in [0.29, 0.717) is 6.73 Å². The first-order chi connectivity index (χ1) is 9.40. The average Bonchev–Trinajstić information content (AvgIpc) is 2.92. The minimum atomic E-state index is 0.482. The molecule has 0 aromatic heterocycles. The van der Waals surface area contributed by atoms with Crippen molar-refractivity contribution < 1.29 is 9.43 Å². The molecule has 1 heterocycles. The zero-order chi connectivity index (χ0) is 12.7. The molecule has 19 heavy (non-hydrogen) atoms. The molecule has 0 saturated heterocycles. The van der Waals surface area contributed by atoms with Crippen LogP contribution in [0.2, 0.25) is 0 Å². The zero-order valence-corrected chi connectivity index (χ0v) is 10.7. The minimum absolute atomic E-state index is 0.482. The Morgan fingerprint density at radius 3 is 2.63 bits per heavy atom. The molecule has 0 atom stereocenters. The Morgan fingerprint density at radius 2 is 1.79 bits per heavy atom. The second-order valence-electron chi connectivity index (χ2n) is 5.05. The molecule has 4 rings (SSSR count). The van der Waals surface area contributed by atoms with Gasteiger partial charge in [0.2, 0.25) is 5.69 Å². The number of ether oxygens (including phenoxy) is 1. The molecule has 3 nitrogen and oxygen atoms in total. The molecule has 2 aromatic rings. The summed E-state index contributed by atoms with van der Waals surface area (Å²) in [4.78, 5) is 0. The van der Waals surface area contributed by atoms with Crippen molar-refractivity contribution in [3.63, 3.8) is 0 Å². The van der Waals surface area contributed by atoms with Crippen LogP contribution in [0.5, 0.6) is 5.75 Å². The second-order valence-corrected chi connectivity index (χ2v) is 5.05. The van der Waals surface area contributed by atoms with Crippen LogP contribution in [0.4, 0.5) is 11.4 Å². The summed E-state index contributed by atoms with van der Waals surface area (Å²) < 4.78 is 7.75. The second kappa shape index (κ2) is 4.19. The first kappa shape index (κ1) is 10.7. The van der Waals surface area contributed by atoms with Gasteiger partial charge in [-0.05, 0) is 47.2 Å². The predicted octanol–water partition coefficient (Wildman–Crippen LogP) is 3.95. The smallest absolute Gasteiger partial charge is 0.317 e. The highest BCUT2D eigenvalue weighted by molar-refractivity contribution is 5.57. The van der Waals surface area contributed by atoms with Gasteiger partial charge >= 0.3 is 6.73 Å². The van der Waals surface area contributed by atoms with Gasteiger partial charge in [-0.1, -0.05) is 18.2 Å². The molecule has 0 fully saturated rings. The van der Waals surface area contributed by atoms with Crippen LogP contribution >= 0.6 is 0 Å². The fourth-order valence-corrected chi connectivity index (χ4v) is 2.80. The van der Waals surface area contributed by atoms with Gasteiger partial charge in [0.25, 0.3) is 0 Å². The van der Waals surface area contributed by atoms with Crippen LogP contribution in [0.15, 0.2) is 47.6 Å². The Kier molecular flexibility index (Phi) is 2.37. The third-order valence-corrected chi connectivity index (χ3v) is 3.80. The number of hydrogen-bond acceptors (Lipinski definition) is 2. The van der Waals surface area contributed by atoms with Gasteiger partial charge in [0.15, 0.2) is 11.4 Å². The van der Waals surface area contributed by atoms with Gasteiger partial charge in [-0.3, -0.25) is 0 Å². The third-order valence-electron chi connectivity index (χ3n) is 3.80. The number of azo groups is 2. The van der Waals surface area contributed by atoms with E-state index in [-0.39, 0.29) is 0 Å². The number of nitrogens with zero attached hydrogens (tertiary/aromatic N) is 2. The van der Waals surface area contributed by atoms with Crippen molar-refractivity contribution in [3.8, 4) is 5.75 Å². The number of fused-ring (bicyclic) bond motifs is 2. The van der Waals surface area contributed by atoms with E-state index >= 15 is 0 Å². The first-order valence-corrected chi connectivity index (χ1v) is 6.73. The standard InChI is InChI=1S/C16H15N2O/c1-2-7-14(8-3-1)18-11-19-16-10-13-6-4-5-12(13)9-15(16)17-18/h1-3,7-10H,4-6,11H2/q+1. The van der Waals surface area contributed by atoms with Crippen molar-refractivity contribution in [2.24, 2.45) is 5.11 Å². The largest absolute Gasteiger partial charge is 0.431 e. The Bertz CT molecular complexity index is 662. The minimum Gasteiger partial charge on any atom is -0.431 e.